The average molecular weight is 435 g/mol. The van der Waals surface area contributed by atoms with Crippen LogP contribution in [0, 0.1) is 0 Å². The zero-order valence-corrected chi connectivity index (χ0v) is 19.5. The fourth-order valence-electron chi connectivity index (χ4n) is 3.19. The number of carboxylic acids is 2. The number of carbonyl (C=O) groups is 4. The number of hydrogen-bond donors (Lipinski definition) is 2. The minimum Gasteiger partial charge on any atom is -0.550 e. The highest BCUT2D eigenvalue weighted by atomic mass is 16.4. The van der Waals surface area contributed by atoms with Crippen molar-refractivity contribution < 1.29 is 48.6 Å². The van der Waals surface area contributed by atoms with Crippen molar-refractivity contribution in [2.45, 2.75) is 50.7 Å². The van der Waals surface area contributed by atoms with Crippen LogP contribution in [-0.2, 0) is 19.2 Å². The molecule has 0 fully saturated rings. The Morgan fingerprint density at radius 3 is 1.03 bits per heavy atom. The predicted molar refractivity (Wildman–Crippen MR) is 106 cm³/mol. The zero-order chi connectivity index (χ0) is 24.6. The van der Waals surface area contributed by atoms with Crippen LogP contribution >= 0.6 is 0 Å². The van der Waals surface area contributed by atoms with Crippen LogP contribution < -0.4 is 10.2 Å². The first kappa shape index (κ1) is 30.3. The summed E-state index contributed by atoms with van der Waals surface area (Å²) in [4.78, 5) is 44.0. The van der Waals surface area contributed by atoms with Crippen LogP contribution in [-0.4, -0.2) is 109 Å². The third-order valence-electron chi connectivity index (χ3n) is 4.03. The van der Waals surface area contributed by atoms with Crippen LogP contribution in [0.1, 0.15) is 39.5 Å². The Hall–Kier alpha value is -1.88. The Morgan fingerprint density at radius 1 is 0.667 bits per heavy atom. The molecule has 0 heterocycles. The van der Waals surface area contributed by atoms with Gasteiger partial charge in [0, 0.05) is 37.6 Å². The average Bonchev–Trinajstić information content (AvgIpc) is 2.48. The van der Waals surface area contributed by atoms with Gasteiger partial charge in [0.2, 0.25) is 0 Å². The van der Waals surface area contributed by atoms with E-state index in [0.29, 0.717) is 8.97 Å². The van der Waals surface area contributed by atoms with Gasteiger partial charge in [-0.25, -0.2) is 0 Å². The smallest absolute Gasteiger partial charge is 0.177 e. The molecule has 0 rings (SSSR count). The summed E-state index contributed by atoms with van der Waals surface area (Å²) < 4.78 is 0.630. The first-order valence-electron chi connectivity index (χ1n) is 9.73. The lowest BCUT2D eigenvalue weighted by atomic mass is 9.91. The lowest BCUT2D eigenvalue weighted by molar-refractivity contribution is -0.875. The Bertz CT molecular complexity index is 567. The molecule has 2 N–H and O–H groups in total. The minimum atomic E-state index is -1.81. The maximum Gasteiger partial charge on any atom is 0.177 e. The summed E-state index contributed by atoms with van der Waals surface area (Å²) in [5.41, 5.74) is -3.63. The van der Waals surface area contributed by atoms with Gasteiger partial charge in [0.05, 0.1) is 42.3 Å². The number of aliphatic hydroxyl groups is 2. The summed E-state index contributed by atoms with van der Waals surface area (Å²) in [6.07, 6.45) is -1.06. The summed E-state index contributed by atoms with van der Waals surface area (Å²) in [6.45, 7) is 3.32. The molecule has 0 aliphatic heterocycles. The molecule has 0 radical (unpaired) electrons. The number of ketones is 2. The monoisotopic (exact) mass is 434 g/mol. The van der Waals surface area contributed by atoms with Gasteiger partial charge in [0.1, 0.15) is 13.1 Å². The van der Waals surface area contributed by atoms with E-state index in [0.717, 1.165) is 0 Å². The number of quaternary nitrogens is 2. The molecule has 2 atom stereocenters. The van der Waals surface area contributed by atoms with Crippen molar-refractivity contribution in [3.8, 4) is 0 Å². The lowest BCUT2D eigenvalue weighted by Gasteiger charge is -2.34. The first-order chi connectivity index (χ1) is 13.2. The standard InChI is InChI=1S/2C10H19NO4/c2*1-5-8(12)10(15,6-9(13)14)7-11(2,3)4/h2*15H,5-7H2,1-4H3. The van der Waals surface area contributed by atoms with Crippen molar-refractivity contribution in [3.05, 3.63) is 0 Å². The normalized spacial score (nSPS) is 15.8. The van der Waals surface area contributed by atoms with Gasteiger partial charge in [0.15, 0.2) is 22.8 Å². The highest BCUT2D eigenvalue weighted by molar-refractivity contribution is 5.91. The van der Waals surface area contributed by atoms with Gasteiger partial charge in [0.25, 0.3) is 0 Å². The molecule has 0 spiro atoms. The third kappa shape index (κ3) is 12.6. The van der Waals surface area contributed by atoms with Gasteiger partial charge in [-0.1, -0.05) is 13.8 Å². The van der Waals surface area contributed by atoms with E-state index in [1.807, 2.05) is 0 Å². The molecule has 0 amide bonds. The molecule has 176 valence electrons. The largest absolute Gasteiger partial charge is 0.550 e. The van der Waals surface area contributed by atoms with E-state index in [1.165, 1.54) is 0 Å². The van der Waals surface area contributed by atoms with Gasteiger partial charge in [-0.2, -0.15) is 0 Å². The van der Waals surface area contributed by atoms with E-state index < -0.39 is 47.5 Å². The van der Waals surface area contributed by atoms with E-state index in [2.05, 4.69) is 0 Å². The van der Waals surface area contributed by atoms with Gasteiger partial charge in [-0.05, 0) is 0 Å². The van der Waals surface area contributed by atoms with Crippen LogP contribution in [0.15, 0.2) is 0 Å². The second-order valence-electron chi connectivity index (χ2n) is 9.61. The Kier molecular flexibility index (Phi) is 11.6. The SMILES string of the molecule is CCC(=O)C(O)(CC(=O)[O-])C[N+](C)(C)C.CCC(=O)C(O)(CC(=O)[O-])C[N+](C)(C)C. The van der Waals surface area contributed by atoms with Gasteiger partial charge < -0.3 is 39.0 Å². The third-order valence-corrected chi connectivity index (χ3v) is 4.03. The number of Topliss-reactive ketones (excluding diaryl/α,β-unsaturated/α-hetero) is 2. The molecule has 0 bridgehead atoms. The Balaban J connectivity index is 0. The molecule has 0 aliphatic rings. The van der Waals surface area contributed by atoms with Crippen molar-refractivity contribution >= 4 is 23.5 Å². The van der Waals surface area contributed by atoms with Crippen LogP contribution in [0.5, 0.6) is 0 Å². The molecule has 0 aromatic heterocycles. The molecule has 10 heteroatoms. The van der Waals surface area contributed by atoms with Gasteiger partial charge in [-0.3, -0.25) is 9.59 Å². The fraction of sp³-hybridized carbons (Fsp3) is 0.800. The van der Waals surface area contributed by atoms with Crippen molar-refractivity contribution in [3.63, 3.8) is 0 Å². The molecule has 30 heavy (non-hydrogen) atoms. The van der Waals surface area contributed by atoms with E-state index in [9.17, 15) is 39.6 Å². The van der Waals surface area contributed by atoms with Crippen LogP contribution in [0.4, 0.5) is 0 Å². The van der Waals surface area contributed by atoms with Crippen molar-refractivity contribution in [2.24, 2.45) is 0 Å². The van der Waals surface area contributed by atoms with Crippen LogP contribution in [0.3, 0.4) is 0 Å². The van der Waals surface area contributed by atoms with Crippen LogP contribution in [0.2, 0.25) is 0 Å². The molecule has 2 unspecified atom stereocenters. The van der Waals surface area contributed by atoms with E-state index in [1.54, 1.807) is 56.1 Å². The predicted octanol–water partition coefficient (Wildman–Crippen LogP) is -2.91. The Morgan fingerprint density at radius 2 is 0.900 bits per heavy atom. The molecule has 0 aromatic carbocycles. The summed E-state index contributed by atoms with van der Waals surface area (Å²) in [7, 11) is 10.7. The number of carbonyl (C=O) groups excluding carboxylic acids is 4. The summed E-state index contributed by atoms with van der Waals surface area (Å²) in [5, 5.41) is 41.0. The van der Waals surface area contributed by atoms with Gasteiger partial charge >= 0.3 is 0 Å². The summed E-state index contributed by atoms with van der Waals surface area (Å²) in [6, 6.07) is 0. The van der Waals surface area contributed by atoms with Crippen molar-refractivity contribution in [1.82, 2.24) is 0 Å². The number of carboxylic acid groups (broad SMARTS) is 2. The Labute approximate surface area is 178 Å². The fourth-order valence-corrected chi connectivity index (χ4v) is 3.19. The number of nitrogens with zero attached hydrogens (tertiary/aromatic N) is 2. The minimum absolute atomic E-state index is 0.0631. The number of likely N-dealkylation sites (N-methyl/N-ethyl adjacent to an activating group) is 2. The number of aliphatic carboxylic acids is 2. The molecule has 0 saturated heterocycles. The molecule has 0 aromatic rings. The summed E-state index contributed by atoms with van der Waals surface area (Å²) >= 11 is 0. The summed E-state index contributed by atoms with van der Waals surface area (Å²) in [5.74, 6) is -3.74. The second-order valence-corrected chi connectivity index (χ2v) is 9.61. The molecular formula is C20H38N2O8. The molecule has 0 saturated carbocycles. The van der Waals surface area contributed by atoms with Crippen molar-refractivity contribution in [2.75, 3.05) is 55.4 Å². The van der Waals surface area contributed by atoms with Gasteiger partial charge in [-0.15, -0.1) is 0 Å². The van der Waals surface area contributed by atoms with E-state index in [4.69, 9.17) is 0 Å². The first-order valence-corrected chi connectivity index (χ1v) is 9.73. The lowest BCUT2D eigenvalue weighted by Crippen LogP contribution is -2.55. The maximum absolute atomic E-state index is 11.5. The van der Waals surface area contributed by atoms with E-state index >= 15 is 0 Å². The number of rotatable bonds is 12. The molecular weight excluding hydrogens is 396 g/mol. The quantitative estimate of drug-likeness (QED) is 0.310. The zero-order valence-electron chi connectivity index (χ0n) is 19.5. The van der Waals surface area contributed by atoms with Crippen LogP contribution in [0.25, 0.3) is 0 Å². The topological polar surface area (TPSA) is 155 Å². The van der Waals surface area contributed by atoms with E-state index in [-0.39, 0.29) is 25.9 Å². The number of hydrogen-bond acceptors (Lipinski definition) is 8. The highest BCUT2D eigenvalue weighted by Gasteiger charge is 2.40. The second kappa shape index (κ2) is 11.5. The molecule has 0 aliphatic carbocycles. The highest BCUT2D eigenvalue weighted by Crippen LogP contribution is 2.18. The maximum atomic E-state index is 11.5. The van der Waals surface area contributed by atoms with Crippen molar-refractivity contribution in [1.29, 1.82) is 0 Å². The molecule has 10 nitrogen and oxygen atoms in total.